The Bertz CT molecular complexity index is 232. The molecule has 0 aromatic rings. The van der Waals surface area contributed by atoms with Gasteiger partial charge in [-0.3, -0.25) is 4.79 Å². The van der Waals surface area contributed by atoms with Crippen molar-refractivity contribution in [2.75, 3.05) is 33.2 Å². The van der Waals surface area contributed by atoms with E-state index < -0.39 is 0 Å². The SMILES string of the molecule is CCC(C)NCC(=O)N1CCN(C)C(C)C1. The lowest BCUT2D eigenvalue weighted by Gasteiger charge is -2.37. The summed E-state index contributed by atoms with van der Waals surface area (Å²) < 4.78 is 0. The zero-order valence-corrected chi connectivity index (χ0v) is 11.0. The van der Waals surface area contributed by atoms with Crippen molar-refractivity contribution in [1.29, 1.82) is 0 Å². The lowest BCUT2D eigenvalue weighted by atomic mass is 10.2. The molecule has 1 saturated heterocycles. The van der Waals surface area contributed by atoms with Gasteiger partial charge in [0.15, 0.2) is 0 Å². The first-order chi connectivity index (χ1) is 7.54. The Balaban J connectivity index is 2.32. The fraction of sp³-hybridized carbons (Fsp3) is 0.917. The number of hydrogen-bond donors (Lipinski definition) is 1. The number of likely N-dealkylation sites (N-methyl/N-ethyl adjacent to an activating group) is 1. The van der Waals surface area contributed by atoms with E-state index in [9.17, 15) is 4.79 Å². The van der Waals surface area contributed by atoms with Gasteiger partial charge in [0, 0.05) is 31.7 Å². The second kappa shape index (κ2) is 6.21. The van der Waals surface area contributed by atoms with E-state index in [2.05, 4.69) is 38.0 Å². The van der Waals surface area contributed by atoms with E-state index in [4.69, 9.17) is 0 Å². The minimum absolute atomic E-state index is 0.236. The van der Waals surface area contributed by atoms with Crippen LogP contribution in [0.4, 0.5) is 0 Å². The highest BCUT2D eigenvalue weighted by molar-refractivity contribution is 5.78. The second-order valence-electron chi connectivity index (χ2n) is 4.86. The minimum Gasteiger partial charge on any atom is -0.339 e. The summed E-state index contributed by atoms with van der Waals surface area (Å²) in [7, 11) is 2.11. The van der Waals surface area contributed by atoms with Gasteiger partial charge in [-0.1, -0.05) is 6.92 Å². The average Bonchev–Trinajstić information content (AvgIpc) is 2.29. The summed E-state index contributed by atoms with van der Waals surface area (Å²) in [6, 6.07) is 0.898. The smallest absolute Gasteiger partial charge is 0.236 e. The summed E-state index contributed by atoms with van der Waals surface area (Å²) in [6.07, 6.45) is 1.06. The molecule has 1 fully saturated rings. The van der Waals surface area contributed by atoms with Crippen molar-refractivity contribution in [2.45, 2.75) is 39.3 Å². The monoisotopic (exact) mass is 227 g/mol. The number of nitrogens with one attached hydrogen (secondary N) is 1. The van der Waals surface area contributed by atoms with Crippen LogP contribution in [0.25, 0.3) is 0 Å². The molecule has 1 rings (SSSR count). The minimum atomic E-state index is 0.236. The number of carbonyl (C=O) groups is 1. The van der Waals surface area contributed by atoms with Gasteiger partial charge < -0.3 is 15.1 Å². The highest BCUT2D eigenvalue weighted by Gasteiger charge is 2.23. The Morgan fingerprint density at radius 1 is 1.50 bits per heavy atom. The molecule has 16 heavy (non-hydrogen) atoms. The zero-order chi connectivity index (χ0) is 12.1. The summed E-state index contributed by atoms with van der Waals surface area (Å²) in [4.78, 5) is 16.2. The summed E-state index contributed by atoms with van der Waals surface area (Å²) in [5.74, 6) is 0.236. The molecule has 2 unspecified atom stereocenters. The maximum atomic E-state index is 11.9. The molecule has 0 bridgehead atoms. The molecule has 1 aliphatic rings. The van der Waals surface area contributed by atoms with Gasteiger partial charge in [0.1, 0.15) is 0 Å². The summed E-state index contributed by atoms with van der Waals surface area (Å²) in [5.41, 5.74) is 0. The Kier molecular flexibility index (Phi) is 5.22. The molecule has 0 aromatic carbocycles. The highest BCUT2D eigenvalue weighted by atomic mass is 16.2. The van der Waals surface area contributed by atoms with Gasteiger partial charge in [-0.25, -0.2) is 0 Å². The van der Waals surface area contributed by atoms with E-state index in [1.165, 1.54) is 0 Å². The first-order valence-corrected chi connectivity index (χ1v) is 6.26. The van der Waals surface area contributed by atoms with E-state index in [0.29, 0.717) is 18.6 Å². The van der Waals surface area contributed by atoms with Crippen molar-refractivity contribution in [2.24, 2.45) is 0 Å². The van der Waals surface area contributed by atoms with Crippen molar-refractivity contribution < 1.29 is 4.79 Å². The van der Waals surface area contributed by atoms with Crippen LogP contribution in [-0.2, 0) is 4.79 Å². The molecule has 4 heteroatoms. The van der Waals surface area contributed by atoms with Crippen molar-refractivity contribution >= 4 is 5.91 Å². The largest absolute Gasteiger partial charge is 0.339 e. The summed E-state index contributed by atoms with van der Waals surface area (Å²) in [6.45, 7) is 9.59. The maximum absolute atomic E-state index is 11.9. The van der Waals surface area contributed by atoms with Crippen LogP contribution < -0.4 is 5.32 Å². The number of hydrogen-bond acceptors (Lipinski definition) is 3. The molecule has 1 heterocycles. The molecule has 2 atom stereocenters. The van der Waals surface area contributed by atoms with Crippen molar-refractivity contribution in [1.82, 2.24) is 15.1 Å². The molecule has 1 amide bonds. The van der Waals surface area contributed by atoms with Gasteiger partial charge >= 0.3 is 0 Å². The Hall–Kier alpha value is -0.610. The molecule has 4 nitrogen and oxygen atoms in total. The van der Waals surface area contributed by atoms with E-state index >= 15 is 0 Å². The first-order valence-electron chi connectivity index (χ1n) is 6.26. The molecule has 1 N–H and O–H groups in total. The van der Waals surface area contributed by atoms with Crippen LogP contribution in [-0.4, -0.2) is 61.0 Å². The molecule has 0 spiro atoms. The van der Waals surface area contributed by atoms with Crippen LogP contribution >= 0.6 is 0 Å². The van der Waals surface area contributed by atoms with E-state index in [1.807, 2.05) is 4.90 Å². The third-order valence-corrected chi connectivity index (χ3v) is 3.53. The third kappa shape index (κ3) is 3.76. The molecule has 0 aliphatic carbocycles. The predicted octanol–water partition coefficient (Wildman–Crippen LogP) is 0.537. The summed E-state index contributed by atoms with van der Waals surface area (Å²) in [5, 5.41) is 3.25. The molecular weight excluding hydrogens is 202 g/mol. The molecule has 0 saturated carbocycles. The summed E-state index contributed by atoms with van der Waals surface area (Å²) >= 11 is 0. The maximum Gasteiger partial charge on any atom is 0.236 e. The predicted molar refractivity (Wildman–Crippen MR) is 66.4 cm³/mol. The lowest BCUT2D eigenvalue weighted by molar-refractivity contribution is -0.132. The van der Waals surface area contributed by atoms with Gasteiger partial charge in [0.25, 0.3) is 0 Å². The Morgan fingerprint density at radius 3 is 2.75 bits per heavy atom. The van der Waals surface area contributed by atoms with E-state index in [0.717, 1.165) is 26.1 Å². The third-order valence-electron chi connectivity index (χ3n) is 3.53. The van der Waals surface area contributed by atoms with Gasteiger partial charge in [-0.05, 0) is 27.3 Å². The lowest BCUT2D eigenvalue weighted by Crippen LogP contribution is -2.54. The molecule has 1 aliphatic heterocycles. The molecule has 0 aromatic heterocycles. The topological polar surface area (TPSA) is 35.6 Å². The van der Waals surface area contributed by atoms with Crippen molar-refractivity contribution in [3.8, 4) is 0 Å². The normalized spacial score (nSPS) is 24.5. The number of carbonyl (C=O) groups excluding carboxylic acids is 1. The van der Waals surface area contributed by atoms with Crippen LogP contribution in [0.3, 0.4) is 0 Å². The fourth-order valence-electron chi connectivity index (χ4n) is 1.79. The van der Waals surface area contributed by atoms with Gasteiger partial charge in [-0.2, -0.15) is 0 Å². The van der Waals surface area contributed by atoms with Crippen LogP contribution in [0.15, 0.2) is 0 Å². The molecule has 0 radical (unpaired) electrons. The van der Waals surface area contributed by atoms with Gasteiger partial charge in [-0.15, -0.1) is 0 Å². The Labute approximate surface area is 99.0 Å². The van der Waals surface area contributed by atoms with E-state index in [-0.39, 0.29) is 5.91 Å². The second-order valence-corrected chi connectivity index (χ2v) is 4.86. The number of rotatable bonds is 4. The van der Waals surface area contributed by atoms with Gasteiger partial charge in [0.2, 0.25) is 5.91 Å². The Morgan fingerprint density at radius 2 is 2.19 bits per heavy atom. The zero-order valence-electron chi connectivity index (χ0n) is 11.0. The van der Waals surface area contributed by atoms with Crippen LogP contribution in [0.1, 0.15) is 27.2 Å². The number of amides is 1. The van der Waals surface area contributed by atoms with Crippen molar-refractivity contribution in [3.05, 3.63) is 0 Å². The number of nitrogens with zero attached hydrogens (tertiary/aromatic N) is 2. The standard InChI is InChI=1S/C12H25N3O/c1-5-10(2)13-8-12(16)15-7-6-14(4)11(3)9-15/h10-11,13H,5-9H2,1-4H3. The average molecular weight is 227 g/mol. The van der Waals surface area contributed by atoms with Crippen LogP contribution in [0, 0.1) is 0 Å². The van der Waals surface area contributed by atoms with E-state index in [1.54, 1.807) is 0 Å². The quantitative estimate of drug-likeness (QED) is 0.761. The van der Waals surface area contributed by atoms with Crippen LogP contribution in [0.5, 0.6) is 0 Å². The number of piperazine rings is 1. The van der Waals surface area contributed by atoms with Crippen LogP contribution in [0.2, 0.25) is 0 Å². The molecular formula is C12H25N3O. The van der Waals surface area contributed by atoms with Crippen molar-refractivity contribution in [3.63, 3.8) is 0 Å². The highest BCUT2D eigenvalue weighted by Crippen LogP contribution is 2.06. The fourth-order valence-corrected chi connectivity index (χ4v) is 1.79. The van der Waals surface area contributed by atoms with Gasteiger partial charge in [0.05, 0.1) is 6.54 Å². The first kappa shape index (κ1) is 13.5. The molecule has 94 valence electrons.